The van der Waals surface area contributed by atoms with Crippen molar-refractivity contribution in [1.29, 1.82) is 0 Å². The van der Waals surface area contributed by atoms with E-state index in [2.05, 4.69) is 88.2 Å². The van der Waals surface area contributed by atoms with E-state index in [1.165, 1.54) is 43.8 Å². The fourth-order valence-electron chi connectivity index (χ4n) is 3.67. The second-order valence-electron chi connectivity index (χ2n) is 7.49. The highest BCUT2D eigenvalue weighted by Gasteiger charge is 2.10. The molecule has 0 aliphatic carbocycles. The molecule has 0 bridgehead atoms. The predicted octanol–water partition coefficient (Wildman–Crippen LogP) is 4.73. The molecule has 0 aromatic heterocycles. The van der Waals surface area contributed by atoms with Crippen molar-refractivity contribution in [2.75, 3.05) is 28.2 Å². The van der Waals surface area contributed by atoms with Crippen molar-refractivity contribution in [1.82, 2.24) is 9.80 Å². The van der Waals surface area contributed by atoms with Crippen LogP contribution in [-0.2, 0) is 13.1 Å². The van der Waals surface area contributed by atoms with E-state index in [4.69, 9.17) is 0 Å². The summed E-state index contributed by atoms with van der Waals surface area (Å²) in [6.07, 6.45) is 0. The zero-order chi connectivity index (χ0) is 17.4. The third-order valence-electron chi connectivity index (χ3n) is 4.78. The van der Waals surface area contributed by atoms with E-state index in [0.717, 1.165) is 13.1 Å². The van der Waals surface area contributed by atoms with Crippen LogP contribution in [0.1, 0.15) is 22.3 Å². The normalized spacial score (nSPS) is 12.0. The van der Waals surface area contributed by atoms with Gasteiger partial charge in [-0.05, 0) is 98.0 Å². The van der Waals surface area contributed by atoms with Crippen LogP contribution in [0.3, 0.4) is 0 Å². The number of hydrogen-bond donors (Lipinski definition) is 0. The second-order valence-corrected chi connectivity index (χ2v) is 7.49. The van der Waals surface area contributed by atoms with Crippen LogP contribution in [0.4, 0.5) is 0 Å². The molecule has 3 aromatic rings. The summed E-state index contributed by atoms with van der Waals surface area (Å²) >= 11 is 0. The van der Waals surface area contributed by atoms with E-state index in [1.807, 2.05) is 0 Å². The first-order valence-corrected chi connectivity index (χ1v) is 8.60. The average Bonchev–Trinajstić information content (AvgIpc) is 2.51. The van der Waals surface area contributed by atoms with Crippen molar-refractivity contribution in [2.24, 2.45) is 0 Å². The average molecular weight is 320 g/mol. The molecule has 0 aliphatic rings. The molecule has 0 amide bonds. The molecule has 0 radical (unpaired) electrons. The summed E-state index contributed by atoms with van der Waals surface area (Å²) in [5.74, 6) is 0. The fraction of sp³-hybridized carbons (Fsp3) is 0.364. The van der Waals surface area contributed by atoms with Gasteiger partial charge in [0.25, 0.3) is 0 Å². The highest BCUT2D eigenvalue weighted by Crippen LogP contribution is 2.33. The summed E-state index contributed by atoms with van der Waals surface area (Å²) in [6.45, 7) is 6.48. The van der Waals surface area contributed by atoms with Crippen LogP contribution in [0.15, 0.2) is 36.4 Å². The van der Waals surface area contributed by atoms with Gasteiger partial charge in [0, 0.05) is 13.1 Å². The van der Waals surface area contributed by atoms with E-state index in [9.17, 15) is 0 Å². The smallest absolute Gasteiger partial charge is 0.0227 e. The Hall–Kier alpha value is -1.90. The molecule has 0 heterocycles. The van der Waals surface area contributed by atoms with E-state index in [-0.39, 0.29) is 0 Å². The number of aryl methyl sites for hydroxylation is 2. The Morgan fingerprint density at radius 2 is 0.958 bits per heavy atom. The quantitative estimate of drug-likeness (QED) is 0.641. The summed E-state index contributed by atoms with van der Waals surface area (Å²) in [6, 6.07) is 13.9. The van der Waals surface area contributed by atoms with Crippen molar-refractivity contribution in [3.63, 3.8) is 0 Å². The first-order valence-electron chi connectivity index (χ1n) is 8.60. The molecule has 0 aliphatic heterocycles. The molecule has 0 saturated heterocycles. The molecule has 0 saturated carbocycles. The maximum absolute atomic E-state index is 2.37. The predicted molar refractivity (Wildman–Crippen MR) is 106 cm³/mol. The van der Waals surface area contributed by atoms with Crippen molar-refractivity contribution in [2.45, 2.75) is 26.9 Å². The fourth-order valence-corrected chi connectivity index (χ4v) is 3.67. The van der Waals surface area contributed by atoms with Crippen LogP contribution in [0, 0.1) is 13.8 Å². The monoisotopic (exact) mass is 320 g/mol. The van der Waals surface area contributed by atoms with Crippen molar-refractivity contribution in [3.8, 4) is 0 Å². The lowest BCUT2D eigenvalue weighted by Gasteiger charge is -2.17. The largest absolute Gasteiger partial charge is 0.305 e. The SMILES string of the molecule is Cc1c2ccc(CN(C)C)cc2c(C)c2ccc(CN(C)C)cc12. The maximum atomic E-state index is 2.37. The van der Waals surface area contributed by atoms with Gasteiger partial charge in [0.15, 0.2) is 0 Å². The lowest BCUT2D eigenvalue weighted by atomic mass is 9.91. The second kappa shape index (κ2) is 6.54. The van der Waals surface area contributed by atoms with Gasteiger partial charge in [-0.25, -0.2) is 0 Å². The van der Waals surface area contributed by atoms with Gasteiger partial charge < -0.3 is 9.80 Å². The van der Waals surface area contributed by atoms with E-state index in [0.29, 0.717) is 0 Å². The summed E-state index contributed by atoms with van der Waals surface area (Å²) in [5, 5.41) is 5.54. The molecule has 24 heavy (non-hydrogen) atoms. The third-order valence-corrected chi connectivity index (χ3v) is 4.78. The van der Waals surface area contributed by atoms with Crippen molar-refractivity contribution in [3.05, 3.63) is 58.7 Å². The van der Waals surface area contributed by atoms with Gasteiger partial charge in [0.05, 0.1) is 0 Å². The van der Waals surface area contributed by atoms with E-state index < -0.39 is 0 Å². The lowest BCUT2D eigenvalue weighted by Crippen LogP contribution is -2.10. The topological polar surface area (TPSA) is 6.48 Å². The Balaban J connectivity index is 2.22. The zero-order valence-corrected chi connectivity index (χ0v) is 15.8. The summed E-state index contributed by atoms with van der Waals surface area (Å²) < 4.78 is 0. The third kappa shape index (κ3) is 3.17. The maximum Gasteiger partial charge on any atom is 0.0227 e. The van der Waals surface area contributed by atoms with Gasteiger partial charge in [0.2, 0.25) is 0 Å². The first-order chi connectivity index (χ1) is 11.4. The number of hydrogen-bond acceptors (Lipinski definition) is 2. The van der Waals surface area contributed by atoms with Crippen LogP contribution in [-0.4, -0.2) is 38.0 Å². The molecule has 0 fully saturated rings. The number of benzene rings is 3. The van der Waals surface area contributed by atoms with Gasteiger partial charge in [-0.1, -0.05) is 24.3 Å². The molecule has 126 valence electrons. The van der Waals surface area contributed by atoms with Crippen LogP contribution in [0.2, 0.25) is 0 Å². The minimum Gasteiger partial charge on any atom is -0.305 e. The number of rotatable bonds is 4. The molecule has 0 atom stereocenters. The molecule has 2 nitrogen and oxygen atoms in total. The Morgan fingerprint density at radius 3 is 1.29 bits per heavy atom. The molecule has 3 aromatic carbocycles. The molecule has 2 heteroatoms. The molecule has 0 spiro atoms. The Morgan fingerprint density at radius 1 is 0.583 bits per heavy atom. The highest BCUT2D eigenvalue weighted by atomic mass is 15.1. The highest BCUT2D eigenvalue weighted by molar-refractivity contribution is 6.05. The van der Waals surface area contributed by atoms with Gasteiger partial charge in [0.1, 0.15) is 0 Å². The minimum atomic E-state index is 0.980. The van der Waals surface area contributed by atoms with Crippen LogP contribution in [0.5, 0.6) is 0 Å². The van der Waals surface area contributed by atoms with Gasteiger partial charge in [-0.3, -0.25) is 0 Å². The number of fused-ring (bicyclic) bond motifs is 2. The lowest BCUT2D eigenvalue weighted by molar-refractivity contribution is 0.402. The Bertz CT molecular complexity index is 816. The van der Waals surface area contributed by atoms with Gasteiger partial charge in [-0.15, -0.1) is 0 Å². The first kappa shape index (κ1) is 16.9. The van der Waals surface area contributed by atoms with Crippen LogP contribution < -0.4 is 0 Å². The molecule has 0 unspecified atom stereocenters. The molecular formula is C22H28N2. The van der Waals surface area contributed by atoms with Gasteiger partial charge in [-0.2, -0.15) is 0 Å². The van der Waals surface area contributed by atoms with E-state index >= 15 is 0 Å². The summed E-state index contributed by atoms with van der Waals surface area (Å²) in [5.41, 5.74) is 5.53. The molecular weight excluding hydrogens is 292 g/mol. The molecule has 3 rings (SSSR count). The number of nitrogens with zero attached hydrogens (tertiary/aromatic N) is 2. The zero-order valence-electron chi connectivity index (χ0n) is 15.8. The summed E-state index contributed by atoms with van der Waals surface area (Å²) in [4.78, 5) is 4.44. The molecule has 0 N–H and O–H groups in total. The van der Waals surface area contributed by atoms with Crippen LogP contribution in [0.25, 0.3) is 21.5 Å². The van der Waals surface area contributed by atoms with Gasteiger partial charge >= 0.3 is 0 Å². The Labute approximate surface area is 145 Å². The van der Waals surface area contributed by atoms with Crippen molar-refractivity contribution >= 4 is 21.5 Å². The standard InChI is InChI=1S/C22H28N2/c1-15-19-9-7-18(14-24(5)6)12-22(19)16(2)20-10-8-17(11-21(15)20)13-23(3)4/h7-12H,13-14H2,1-6H3. The van der Waals surface area contributed by atoms with Crippen LogP contribution >= 0.6 is 0 Å². The van der Waals surface area contributed by atoms with E-state index in [1.54, 1.807) is 0 Å². The minimum absolute atomic E-state index is 0.980. The summed E-state index contributed by atoms with van der Waals surface area (Å²) in [7, 11) is 8.48. The van der Waals surface area contributed by atoms with Crippen molar-refractivity contribution < 1.29 is 0 Å². The Kier molecular flexibility index (Phi) is 4.62.